The van der Waals surface area contributed by atoms with Crippen LogP contribution in [0.1, 0.15) is 0 Å². The maximum Gasteiger partial charge on any atom is 0.331 e. The second kappa shape index (κ2) is 8.56. The normalized spacial score (nSPS) is 18.2. The summed E-state index contributed by atoms with van der Waals surface area (Å²) in [7, 11) is 1.85. The summed E-state index contributed by atoms with van der Waals surface area (Å²) in [5.74, 6) is -0.427. The van der Waals surface area contributed by atoms with Crippen molar-refractivity contribution >= 4 is 17.7 Å². The van der Waals surface area contributed by atoms with Crippen LogP contribution in [0, 0.1) is 11.6 Å². The van der Waals surface area contributed by atoms with Gasteiger partial charge in [-0.2, -0.15) is 4.99 Å². The Bertz CT molecular complexity index is 961. The number of hydrogen-bond donors (Lipinski definition) is 1. The minimum Gasteiger partial charge on any atom is -0.493 e. The molecule has 0 unspecified atom stereocenters. The molecule has 2 amide bonds. The van der Waals surface area contributed by atoms with E-state index in [4.69, 9.17) is 10.3 Å². The molecule has 3 heterocycles. The van der Waals surface area contributed by atoms with Crippen LogP contribution < -0.4 is 15.0 Å². The Labute approximate surface area is 176 Å². The summed E-state index contributed by atoms with van der Waals surface area (Å²) in [6.45, 7) is 2.10. The predicted octanol–water partition coefficient (Wildman–Crippen LogP) is 1.86. The van der Waals surface area contributed by atoms with Gasteiger partial charge in [-0.25, -0.2) is 13.6 Å². The molecule has 164 valence electrons. The van der Waals surface area contributed by atoms with Gasteiger partial charge in [0.2, 0.25) is 5.96 Å². The fourth-order valence-electron chi connectivity index (χ4n) is 3.63. The molecule has 0 bridgehead atoms. The number of carbonyl (C=O) groups is 1. The van der Waals surface area contributed by atoms with Gasteiger partial charge in [0.1, 0.15) is 18.1 Å². The quantitative estimate of drug-likeness (QED) is 0.330. The number of anilines is 1. The third-order valence-electron chi connectivity index (χ3n) is 5.07. The van der Waals surface area contributed by atoms with Crippen molar-refractivity contribution in [3.05, 3.63) is 46.2 Å². The van der Waals surface area contributed by atoms with Gasteiger partial charge in [0.25, 0.3) is 0 Å². The lowest BCUT2D eigenvalue weighted by Gasteiger charge is -2.39. The Hall–Kier alpha value is -3.73. The highest BCUT2D eigenvalue weighted by atomic mass is 19.1. The highest BCUT2D eigenvalue weighted by Crippen LogP contribution is 2.29. The smallest absolute Gasteiger partial charge is 0.331 e. The second-order valence-corrected chi connectivity index (χ2v) is 7.19. The van der Waals surface area contributed by atoms with Gasteiger partial charge in [0.05, 0.1) is 13.2 Å². The number of nitrogens with one attached hydrogen (secondary N) is 1. The zero-order chi connectivity index (χ0) is 22.0. The van der Waals surface area contributed by atoms with Crippen molar-refractivity contribution in [3.63, 3.8) is 0 Å². The fourth-order valence-corrected chi connectivity index (χ4v) is 3.63. The van der Waals surface area contributed by atoms with E-state index in [0.717, 1.165) is 12.1 Å². The molecule has 13 heteroatoms. The van der Waals surface area contributed by atoms with Crippen LogP contribution in [0.2, 0.25) is 0 Å². The molecular weight excluding hydrogens is 412 g/mol. The molecule has 3 aliphatic heterocycles. The Morgan fingerprint density at radius 2 is 1.90 bits per heavy atom. The van der Waals surface area contributed by atoms with E-state index in [1.165, 1.54) is 4.90 Å². The summed E-state index contributed by atoms with van der Waals surface area (Å²) in [5, 5.41) is 6.08. The number of azide groups is 1. The molecule has 1 aromatic carbocycles. The van der Waals surface area contributed by atoms with E-state index >= 15 is 0 Å². The maximum absolute atomic E-state index is 14.6. The van der Waals surface area contributed by atoms with Gasteiger partial charge in [-0.1, -0.05) is 5.11 Å². The number of urea groups is 1. The molecule has 3 aliphatic rings. The van der Waals surface area contributed by atoms with Crippen molar-refractivity contribution in [3.8, 4) is 5.75 Å². The van der Waals surface area contributed by atoms with Crippen LogP contribution in [0.15, 0.2) is 34.3 Å². The first-order chi connectivity index (χ1) is 15.0. The van der Waals surface area contributed by atoms with Crippen molar-refractivity contribution in [1.29, 1.82) is 0 Å². The first-order valence-corrected chi connectivity index (χ1v) is 9.68. The van der Waals surface area contributed by atoms with Crippen molar-refractivity contribution in [2.45, 2.75) is 0 Å². The van der Waals surface area contributed by atoms with Gasteiger partial charge >= 0.3 is 6.03 Å². The molecule has 0 atom stereocenters. The molecule has 1 fully saturated rings. The molecule has 4 rings (SSSR count). The van der Waals surface area contributed by atoms with Crippen molar-refractivity contribution in [2.24, 2.45) is 10.1 Å². The third-order valence-corrected chi connectivity index (χ3v) is 5.07. The summed E-state index contributed by atoms with van der Waals surface area (Å²) in [6, 6.07) is 1.98. The monoisotopic (exact) mass is 433 g/mol. The number of halogens is 2. The van der Waals surface area contributed by atoms with Gasteiger partial charge < -0.3 is 19.4 Å². The molecule has 0 aromatic heterocycles. The number of hydrogen-bond acceptors (Lipinski definition) is 7. The molecule has 31 heavy (non-hydrogen) atoms. The lowest BCUT2D eigenvalue weighted by atomic mass is 10.2. The number of benzene rings is 1. The van der Waals surface area contributed by atoms with Gasteiger partial charge in [0, 0.05) is 56.5 Å². The van der Waals surface area contributed by atoms with Crippen LogP contribution in [0.4, 0.5) is 19.3 Å². The maximum atomic E-state index is 14.6. The van der Waals surface area contributed by atoms with Gasteiger partial charge in [0.15, 0.2) is 17.5 Å². The summed E-state index contributed by atoms with van der Waals surface area (Å²) < 4.78 is 34.4. The Morgan fingerprint density at radius 3 is 2.58 bits per heavy atom. The molecular formula is C18H21F2N9O2. The zero-order valence-corrected chi connectivity index (χ0v) is 16.8. The van der Waals surface area contributed by atoms with Crippen LogP contribution in [0.5, 0.6) is 5.75 Å². The van der Waals surface area contributed by atoms with E-state index in [0.29, 0.717) is 44.6 Å². The third kappa shape index (κ3) is 4.26. The van der Waals surface area contributed by atoms with E-state index < -0.39 is 11.6 Å². The Kier molecular flexibility index (Phi) is 5.67. The minimum atomic E-state index is -0.731. The molecule has 0 saturated carbocycles. The zero-order valence-electron chi connectivity index (χ0n) is 16.8. The second-order valence-electron chi connectivity index (χ2n) is 7.19. The standard InChI is InChI=1S/C18H21F2N9O2/c1-26-10-15-23-17(24-18(30)29(15)11-26)28-5-3-27(4-6-28)16-13(19)8-12(9-14(16)20)31-7-2-22-25-21/h8-10H,2-7,11H2,1H3,(H,23,24,30). The first-order valence-electron chi connectivity index (χ1n) is 9.68. The number of carbonyl (C=O) groups excluding carboxylic acids is 1. The summed E-state index contributed by atoms with van der Waals surface area (Å²) in [6.07, 6.45) is 1.79. The SMILES string of the molecule is CN1C=C2N=C(N3CCN(c4c(F)cc(OCCN=[N+]=[N-])cc4F)CC3)NC(=O)N2C1. The van der Waals surface area contributed by atoms with E-state index in [1.807, 2.05) is 16.8 Å². The number of ether oxygens (including phenoxy) is 1. The number of piperazine rings is 1. The van der Waals surface area contributed by atoms with Crippen LogP contribution in [0.3, 0.4) is 0 Å². The fraction of sp³-hybridized carbons (Fsp3) is 0.444. The number of fused-ring (bicyclic) bond motifs is 1. The number of guanidine groups is 1. The Morgan fingerprint density at radius 1 is 1.23 bits per heavy atom. The van der Waals surface area contributed by atoms with Crippen molar-refractivity contribution in [1.82, 2.24) is 20.0 Å². The molecule has 1 aromatic rings. The summed E-state index contributed by atoms with van der Waals surface area (Å²) in [4.78, 5) is 26.3. The molecule has 0 aliphatic carbocycles. The topological polar surface area (TPSA) is 112 Å². The minimum absolute atomic E-state index is 0.0262. The molecule has 1 N–H and O–H groups in total. The predicted molar refractivity (Wildman–Crippen MR) is 108 cm³/mol. The van der Waals surface area contributed by atoms with Gasteiger partial charge in [-0.3, -0.25) is 10.2 Å². The van der Waals surface area contributed by atoms with E-state index in [1.54, 1.807) is 11.1 Å². The highest BCUT2D eigenvalue weighted by molar-refractivity contribution is 5.99. The highest BCUT2D eigenvalue weighted by Gasteiger charge is 2.33. The summed E-state index contributed by atoms with van der Waals surface area (Å²) in [5.41, 5.74) is 8.11. The van der Waals surface area contributed by atoms with Crippen molar-refractivity contribution in [2.75, 3.05) is 57.9 Å². The number of nitrogens with zero attached hydrogens (tertiary/aromatic N) is 8. The molecule has 1 saturated heterocycles. The van der Waals surface area contributed by atoms with Crippen molar-refractivity contribution < 1.29 is 18.3 Å². The number of amides is 2. The number of aliphatic imine (C=N–C) groups is 1. The average molecular weight is 433 g/mol. The largest absolute Gasteiger partial charge is 0.493 e. The van der Waals surface area contributed by atoms with Crippen LogP contribution in [-0.2, 0) is 0 Å². The first kappa shape index (κ1) is 20.5. The van der Waals surface area contributed by atoms with Gasteiger partial charge in [-0.15, -0.1) is 0 Å². The van der Waals surface area contributed by atoms with E-state index in [-0.39, 0.29) is 30.6 Å². The number of rotatable bonds is 5. The lowest BCUT2D eigenvalue weighted by molar-refractivity contribution is 0.203. The Balaban J connectivity index is 1.41. The van der Waals surface area contributed by atoms with E-state index in [2.05, 4.69) is 20.3 Å². The lowest BCUT2D eigenvalue weighted by Crippen LogP contribution is -2.57. The van der Waals surface area contributed by atoms with Gasteiger partial charge in [-0.05, 0) is 5.53 Å². The average Bonchev–Trinajstić information content (AvgIpc) is 3.12. The van der Waals surface area contributed by atoms with Crippen LogP contribution >= 0.6 is 0 Å². The molecule has 0 spiro atoms. The summed E-state index contributed by atoms with van der Waals surface area (Å²) >= 11 is 0. The molecule has 0 radical (unpaired) electrons. The molecule has 11 nitrogen and oxygen atoms in total. The van der Waals surface area contributed by atoms with Crippen LogP contribution in [0.25, 0.3) is 10.4 Å². The van der Waals surface area contributed by atoms with E-state index in [9.17, 15) is 13.6 Å². The van der Waals surface area contributed by atoms with Crippen LogP contribution in [-0.4, -0.2) is 79.7 Å².